The topological polar surface area (TPSA) is 67.9 Å². The smallest absolute Gasteiger partial charge is 0.251 e. The second-order valence-corrected chi connectivity index (χ2v) is 6.56. The Hall–Kier alpha value is -3.54. The van der Waals surface area contributed by atoms with Crippen molar-refractivity contribution in [3.05, 3.63) is 66.2 Å². The number of fused-ring (bicyclic) bond motifs is 1. The van der Waals surface area contributed by atoms with Crippen LogP contribution in [-0.2, 0) is 4.79 Å². The minimum absolute atomic E-state index is 0.115. The maximum atomic E-state index is 12.5. The summed E-state index contributed by atoms with van der Waals surface area (Å²) in [6, 6.07) is 18.7. The van der Waals surface area contributed by atoms with E-state index in [0.717, 1.165) is 10.8 Å². The Labute approximate surface area is 170 Å². The maximum Gasteiger partial charge on any atom is 0.251 e. The molecule has 150 valence electrons. The number of anilines is 1. The van der Waals surface area contributed by atoms with Crippen molar-refractivity contribution < 1.29 is 19.1 Å². The number of rotatable bonds is 7. The SMILES string of the molecule is COc1ccc(N(C)C(=O)CCNC(=O)c2ccc3ccccc3c2)cc1OC. The van der Waals surface area contributed by atoms with E-state index in [1.807, 2.05) is 36.4 Å². The van der Waals surface area contributed by atoms with Gasteiger partial charge >= 0.3 is 0 Å². The molecule has 0 aliphatic carbocycles. The van der Waals surface area contributed by atoms with Crippen LogP contribution in [0.25, 0.3) is 10.8 Å². The minimum atomic E-state index is -0.197. The number of carbonyl (C=O) groups excluding carboxylic acids is 2. The van der Waals surface area contributed by atoms with Gasteiger partial charge in [-0.25, -0.2) is 0 Å². The standard InChI is InChI=1S/C23H24N2O4/c1-25(19-10-11-20(28-2)21(15-19)29-3)22(26)12-13-24-23(27)18-9-8-16-6-4-5-7-17(16)14-18/h4-11,14-15H,12-13H2,1-3H3,(H,24,27). The fourth-order valence-electron chi connectivity index (χ4n) is 3.06. The molecule has 0 saturated carbocycles. The second kappa shape index (κ2) is 9.10. The zero-order valence-electron chi connectivity index (χ0n) is 16.8. The molecule has 0 radical (unpaired) electrons. The Bertz CT molecular complexity index is 1030. The Balaban J connectivity index is 1.57. The van der Waals surface area contributed by atoms with Crippen LogP contribution in [-0.4, -0.2) is 39.6 Å². The molecule has 0 unspecified atom stereocenters. The first kappa shape index (κ1) is 20.2. The van der Waals surface area contributed by atoms with Crippen molar-refractivity contribution in [3.63, 3.8) is 0 Å². The summed E-state index contributed by atoms with van der Waals surface area (Å²) in [6.07, 6.45) is 0.185. The summed E-state index contributed by atoms with van der Waals surface area (Å²) in [7, 11) is 4.80. The predicted octanol–water partition coefficient (Wildman–Crippen LogP) is 3.64. The molecule has 29 heavy (non-hydrogen) atoms. The fourth-order valence-corrected chi connectivity index (χ4v) is 3.06. The molecule has 2 amide bonds. The van der Waals surface area contributed by atoms with Crippen LogP contribution in [0, 0.1) is 0 Å². The lowest BCUT2D eigenvalue weighted by molar-refractivity contribution is -0.118. The molecule has 0 saturated heterocycles. The van der Waals surface area contributed by atoms with Gasteiger partial charge in [0.25, 0.3) is 5.91 Å². The summed E-state index contributed by atoms with van der Waals surface area (Å²) < 4.78 is 10.5. The van der Waals surface area contributed by atoms with Crippen LogP contribution in [0.5, 0.6) is 11.5 Å². The van der Waals surface area contributed by atoms with Crippen LogP contribution in [0.3, 0.4) is 0 Å². The van der Waals surface area contributed by atoms with Crippen molar-refractivity contribution >= 4 is 28.3 Å². The number of methoxy groups -OCH3 is 2. The van der Waals surface area contributed by atoms with E-state index in [9.17, 15) is 9.59 Å². The molecule has 6 heteroatoms. The first-order chi connectivity index (χ1) is 14.0. The van der Waals surface area contributed by atoms with Crippen molar-refractivity contribution in [2.75, 3.05) is 32.7 Å². The number of amides is 2. The van der Waals surface area contributed by atoms with Crippen LogP contribution in [0.15, 0.2) is 60.7 Å². The third-order valence-electron chi connectivity index (χ3n) is 4.76. The lowest BCUT2D eigenvalue weighted by Gasteiger charge is -2.19. The van der Waals surface area contributed by atoms with Crippen LogP contribution in [0.1, 0.15) is 16.8 Å². The molecule has 0 spiro atoms. The van der Waals surface area contributed by atoms with Crippen LogP contribution >= 0.6 is 0 Å². The molecule has 3 aromatic rings. The maximum absolute atomic E-state index is 12.5. The first-order valence-electron chi connectivity index (χ1n) is 9.29. The zero-order valence-corrected chi connectivity index (χ0v) is 16.8. The van der Waals surface area contributed by atoms with Gasteiger partial charge in [-0.15, -0.1) is 0 Å². The van der Waals surface area contributed by atoms with E-state index in [1.165, 1.54) is 4.90 Å². The highest BCUT2D eigenvalue weighted by molar-refractivity contribution is 5.99. The number of ether oxygens (including phenoxy) is 2. The first-order valence-corrected chi connectivity index (χ1v) is 9.29. The van der Waals surface area contributed by atoms with Crippen LogP contribution in [0.4, 0.5) is 5.69 Å². The summed E-state index contributed by atoms with van der Waals surface area (Å²) in [5.41, 5.74) is 1.26. The highest BCUT2D eigenvalue weighted by atomic mass is 16.5. The van der Waals surface area contributed by atoms with Crippen molar-refractivity contribution in [1.82, 2.24) is 5.32 Å². The Morgan fingerprint density at radius 1 is 0.897 bits per heavy atom. The molecule has 3 rings (SSSR count). The molecule has 3 aromatic carbocycles. The molecule has 0 aliphatic heterocycles. The fraction of sp³-hybridized carbons (Fsp3) is 0.217. The van der Waals surface area contributed by atoms with Gasteiger partial charge in [0.1, 0.15) is 0 Å². The van der Waals surface area contributed by atoms with E-state index in [1.54, 1.807) is 45.5 Å². The number of nitrogens with zero attached hydrogens (tertiary/aromatic N) is 1. The molecular formula is C23H24N2O4. The molecule has 0 aromatic heterocycles. The van der Waals surface area contributed by atoms with E-state index in [2.05, 4.69) is 5.32 Å². The van der Waals surface area contributed by atoms with Gasteiger partial charge in [0.15, 0.2) is 11.5 Å². The van der Waals surface area contributed by atoms with E-state index in [0.29, 0.717) is 22.7 Å². The lowest BCUT2D eigenvalue weighted by Crippen LogP contribution is -2.32. The van der Waals surface area contributed by atoms with E-state index >= 15 is 0 Å². The lowest BCUT2D eigenvalue weighted by atomic mass is 10.1. The van der Waals surface area contributed by atoms with Gasteiger partial charge in [-0.2, -0.15) is 0 Å². The van der Waals surface area contributed by atoms with Crippen molar-refractivity contribution in [2.45, 2.75) is 6.42 Å². The van der Waals surface area contributed by atoms with Crippen LogP contribution in [0.2, 0.25) is 0 Å². The van der Waals surface area contributed by atoms with Crippen molar-refractivity contribution in [3.8, 4) is 11.5 Å². The van der Waals surface area contributed by atoms with E-state index < -0.39 is 0 Å². The zero-order chi connectivity index (χ0) is 20.8. The van der Waals surface area contributed by atoms with Crippen molar-refractivity contribution in [1.29, 1.82) is 0 Å². The number of hydrogen-bond donors (Lipinski definition) is 1. The Kier molecular flexibility index (Phi) is 6.34. The van der Waals surface area contributed by atoms with Gasteiger partial charge < -0.3 is 19.7 Å². The Morgan fingerprint density at radius 3 is 2.34 bits per heavy atom. The highest BCUT2D eigenvalue weighted by Crippen LogP contribution is 2.31. The van der Waals surface area contributed by atoms with Crippen molar-refractivity contribution in [2.24, 2.45) is 0 Å². The molecule has 0 heterocycles. The summed E-state index contributed by atoms with van der Waals surface area (Å²) in [4.78, 5) is 26.4. The molecule has 0 bridgehead atoms. The summed E-state index contributed by atoms with van der Waals surface area (Å²) in [5.74, 6) is 0.836. The van der Waals surface area contributed by atoms with Crippen LogP contribution < -0.4 is 19.7 Å². The quantitative estimate of drug-likeness (QED) is 0.667. The average Bonchev–Trinajstić information content (AvgIpc) is 2.77. The molecule has 0 fully saturated rings. The van der Waals surface area contributed by atoms with Gasteiger partial charge in [-0.1, -0.05) is 30.3 Å². The minimum Gasteiger partial charge on any atom is -0.493 e. The summed E-state index contributed by atoms with van der Waals surface area (Å²) in [5, 5.41) is 4.89. The highest BCUT2D eigenvalue weighted by Gasteiger charge is 2.14. The van der Waals surface area contributed by atoms with E-state index in [4.69, 9.17) is 9.47 Å². The normalized spacial score (nSPS) is 10.4. The summed E-state index contributed by atoms with van der Waals surface area (Å²) >= 11 is 0. The van der Waals surface area contributed by atoms with Gasteiger partial charge in [0.2, 0.25) is 5.91 Å². The number of nitrogens with one attached hydrogen (secondary N) is 1. The predicted molar refractivity (Wildman–Crippen MR) is 114 cm³/mol. The van der Waals surface area contributed by atoms with Gasteiger partial charge in [-0.3, -0.25) is 9.59 Å². The van der Waals surface area contributed by atoms with Gasteiger partial charge in [-0.05, 0) is 35.0 Å². The molecule has 0 aliphatic rings. The van der Waals surface area contributed by atoms with Gasteiger partial charge in [0.05, 0.1) is 14.2 Å². The third kappa shape index (κ3) is 4.66. The number of carbonyl (C=O) groups is 2. The van der Waals surface area contributed by atoms with Gasteiger partial charge in [0, 0.05) is 37.3 Å². The molecular weight excluding hydrogens is 368 g/mol. The molecule has 0 atom stereocenters. The number of benzene rings is 3. The Morgan fingerprint density at radius 2 is 1.62 bits per heavy atom. The summed E-state index contributed by atoms with van der Waals surface area (Å²) in [6.45, 7) is 0.252. The second-order valence-electron chi connectivity index (χ2n) is 6.56. The monoisotopic (exact) mass is 392 g/mol. The number of hydrogen-bond acceptors (Lipinski definition) is 4. The average molecular weight is 392 g/mol. The van der Waals surface area contributed by atoms with E-state index in [-0.39, 0.29) is 24.8 Å². The molecule has 1 N–H and O–H groups in total. The third-order valence-corrected chi connectivity index (χ3v) is 4.76. The largest absolute Gasteiger partial charge is 0.493 e. The molecule has 6 nitrogen and oxygen atoms in total.